The van der Waals surface area contributed by atoms with E-state index in [1.54, 1.807) is 0 Å². The van der Waals surface area contributed by atoms with Gasteiger partial charge in [-0.2, -0.15) is 0 Å². The topological polar surface area (TPSA) is 66.8 Å². The number of hydrogen-bond acceptors (Lipinski definition) is 4. The molecule has 2 atom stereocenters. The molecule has 0 spiro atoms. The number of fused-ring (bicyclic) bond motifs is 3. The molecule has 1 N–H and O–H groups in total. The zero-order valence-electron chi connectivity index (χ0n) is 15.0. The number of ether oxygens (including phenoxy) is 1. The fourth-order valence-corrected chi connectivity index (χ4v) is 5.32. The predicted octanol–water partition coefficient (Wildman–Crippen LogP) is 4.17. The molecule has 1 saturated heterocycles. The predicted molar refractivity (Wildman–Crippen MR) is 105 cm³/mol. The molecule has 27 heavy (non-hydrogen) atoms. The van der Waals surface area contributed by atoms with E-state index in [4.69, 9.17) is 4.74 Å². The molecule has 5 nitrogen and oxygen atoms in total. The van der Waals surface area contributed by atoms with Gasteiger partial charge in [0.05, 0.1) is 5.37 Å². The fourth-order valence-electron chi connectivity index (χ4n) is 3.98. The lowest BCUT2D eigenvalue weighted by atomic mass is 9.98. The number of carbonyl (C=O) groups is 2. The summed E-state index contributed by atoms with van der Waals surface area (Å²) in [6.45, 7) is 2.16. The van der Waals surface area contributed by atoms with Crippen molar-refractivity contribution in [2.75, 3.05) is 12.4 Å². The molecule has 2 aromatic rings. The van der Waals surface area contributed by atoms with Gasteiger partial charge in [-0.05, 0) is 28.7 Å². The monoisotopic (exact) mass is 383 g/mol. The van der Waals surface area contributed by atoms with Gasteiger partial charge in [-0.15, -0.1) is 11.8 Å². The van der Waals surface area contributed by atoms with Gasteiger partial charge in [-0.3, -0.25) is 4.90 Å². The zero-order chi connectivity index (χ0) is 19.0. The van der Waals surface area contributed by atoms with Crippen LogP contribution in [0.3, 0.4) is 0 Å². The van der Waals surface area contributed by atoms with Crippen LogP contribution in [0.25, 0.3) is 11.1 Å². The molecule has 1 heterocycles. The number of thioether (sulfide) groups is 1. The minimum atomic E-state index is -0.980. The maximum Gasteiger partial charge on any atom is 0.411 e. The molecule has 140 valence electrons. The standard InChI is InChI=1S/C21H21NO4S/c1-2-19-22(18(12-27-19)20(23)24)21(25)26-11-17-15-9-5-3-7-13(15)14-8-4-6-10-16(14)17/h3-10,17-19H,2,11-12H2,1H3,(H,23,24)/t18-,19+/m1/s1. The first-order chi connectivity index (χ1) is 13.1. The molecule has 1 fully saturated rings. The number of carboxylic acid groups (broad SMARTS) is 1. The number of nitrogens with zero attached hydrogens (tertiary/aromatic N) is 1. The van der Waals surface area contributed by atoms with Crippen LogP contribution >= 0.6 is 11.8 Å². The number of carbonyl (C=O) groups excluding carboxylic acids is 1. The summed E-state index contributed by atoms with van der Waals surface area (Å²) in [5, 5.41) is 9.27. The summed E-state index contributed by atoms with van der Waals surface area (Å²) >= 11 is 1.49. The van der Waals surface area contributed by atoms with E-state index < -0.39 is 18.1 Å². The summed E-state index contributed by atoms with van der Waals surface area (Å²) in [4.78, 5) is 25.6. The van der Waals surface area contributed by atoms with Gasteiger partial charge in [0, 0.05) is 11.7 Å². The zero-order valence-corrected chi connectivity index (χ0v) is 15.8. The Kier molecular flexibility index (Phi) is 4.83. The first kappa shape index (κ1) is 17.9. The Hall–Kier alpha value is -2.47. The van der Waals surface area contributed by atoms with Crippen molar-refractivity contribution in [3.63, 3.8) is 0 Å². The van der Waals surface area contributed by atoms with E-state index in [9.17, 15) is 14.7 Å². The summed E-state index contributed by atoms with van der Waals surface area (Å²) in [5.41, 5.74) is 4.62. The second-order valence-corrected chi connectivity index (χ2v) is 7.97. The van der Waals surface area contributed by atoms with Crippen molar-refractivity contribution in [2.45, 2.75) is 30.7 Å². The van der Waals surface area contributed by atoms with Gasteiger partial charge < -0.3 is 9.84 Å². The smallest absolute Gasteiger partial charge is 0.411 e. The summed E-state index contributed by atoms with van der Waals surface area (Å²) in [6, 6.07) is 15.5. The van der Waals surface area contributed by atoms with Crippen molar-refractivity contribution in [1.82, 2.24) is 4.90 Å². The maximum absolute atomic E-state index is 12.7. The van der Waals surface area contributed by atoms with E-state index in [1.807, 2.05) is 31.2 Å². The van der Waals surface area contributed by atoms with Crippen molar-refractivity contribution in [1.29, 1.82) is 0 Å². The van der Waals surface area contributed by atoms with E-state index in [-0.39, 0.29) is 17.9 Å². The van der Waals surface area contributed by atoms with Crippen LogP contribution in [0, 0.1) is 0 Å². The Morgan fingerprint density at radius 2 is 1.70 bits per heavy atom. The molecule has 1 aliphatic heterocycles. The molecule has 4 rings (SSSR count). The second-order valence-electron chi connectivity index (χ2n) is 6.76. The van der Waals surface area contributed by atoms with E-state index in [0.717, 1.165) is 11.1 Å². The van der Waals surface area contributed by atoms with Gasteiger partial charge in [0.1, 0.15) is 12.6 Å². The van der Waals surface area contributed by atoms with Crippen LogP contribution in [-0.2, 0) is 9.53 Å². The van der Waals surface area contributed by atoms with Crippen LogP contribution in [0.1, 0.15) is 30.4 Å². The Morgan fingerprint density at radius 3 is 2.26 bits per heavy atom. The van der Waals surface area contributed by atoms with E-state index in [0.29, 0.717) is 12.2 Å². The lowest BCUT2D eigenvalue weighted by Gasteiger charge is -2.26. The summed E-state index contributed by atoms with van der Waals surface area (Å²) in [7, 11) is 0. The molecular formula is C21H21NO4S. The maximum atomic E-state index is 12.7. The Labute approximate surface area is 162 Å². The first-order valence-corrected chi connectivity index (χ1v) is 10.1. The normalized spacial score (nSPS) is 21.0. The third kappa shape index (κ3) is 3.08. The molecule has 0 radical (unpaired) electrons. The van der Waals surface area contributed by atoms with Crippen LogP contribution in [0.15, 0.2) is 48.5 Å². The van der Waals surface area contributed by atoms with E-state index in [1.165, 1.54) is 27.8 Å². The van der Waals surface area contributed by atoms with Crippen LogP contribution in [0.5, 0.6) is 0 Å². The molecule has 0 unspecified atom stereocenters. The minimum Gasteiger partial charge on any atom is -0.480 e. The Bertz CT molecular complexity index is 838. The van der Waals surface area contributed by atoms with Gasteiger partial charge in [0.2, 0.25) is 0 Å². The SMILES string of the molecule is CC[C@@H]1SC[C@H](C(=O)O)N1C(=O)OCC1c2ccccc2-c2ccccc21. The summed E-state index contributed by atoms with van der Waals surface area (Å²) in [6.07, 6.45) is 0.152. The third-order valence-electron chi connectivity index (χ3n) is 5.27. The number of rotatable bonds is 4. The second kappa shape index (κ2) is 7.27. The fraction of sp³-hybridized carbons (Fsp3) is 0.333. The van der Waals surface area contributed by atoms with Gasteiger partial charge in [-0.25, -0.2) is 9.59 Å². The minimum absolute atomic E-state index is 0.0278. The van der Waals surface area contributed by atoms with Crippen LogP contribution < -0.4 is 0 Å². The number of amides is 1. The highest BCUT2D eigenvalue weighted by Gasteiger charge is 2.42. The molecule has 0 bridgehead atoms. The highest BCUT2D eigenvalue weighted by atomic mass is 32.2. The molecule has 1 aliphatic carbocycles. The van der Waals surface area contributed by atoms with Gasteiger partial charge in [0.15, 0.2) is 0 Å². The lowest BCUT2D eigenvalue weighted by Crippen LogP contribution is -2.46. The molecule has 2 aromatic carbocycles. The molecule has 6 heteroatoms. The third-order valence-corrected chi connectivity index (χ3v) is 6.73. The van der Waals surface area contributed by atoms with Crippen molar-refractivity contribution in [3.8, 4) is 11.1 Å². The molecule has 1 amide bonds. The first-order valence-electron chi connectivity index (χ1n) is 9.09. The van der Waals surface area contributed by atoms with Crippen LogP contribution in [0.2, 0.25) is 0 Å². The number of hydrogen-bond donors (Lipinski definition) is 1. The highest BCUT2D eigenvalue weighted by molar-refractivity contribution is 8.00. The van der Waals surface area contributed by atoms with Gasteiger partial charge in [0.25, 0.3) is 0 Å². The quantitative estimate of drug-likeness (QED) is 0.858. The van der Waals surface area contributed by atoms with Crippen molar-refractivity contribution < 1.29 is 19.4 Å². The van der Waals surface area contributed by atoms with E-state index in [2.05, 4.69) is 24.3 Å². The lowest BCUT2D eigenvalue weighted by molar-refractivity contribution is -0.141. The molecule has 2 aliphatic rings. The van der Waals surface area contributed by atoms with Crippen molar-refractivity contribution in [2.24, 2.45) is 0 Å². The van der Waals surface area contributed by atoms with Crippen molar-refractivity contribution in [3.05, 3.63) is 59.7 Å². The molecule has 0 saturated carbocycles. The largest absolute Gasteiger partial charge is 0.480 e. The average Bonchev–Trinajstić information content (AvgIpc) is 3.26. The summed E-state index contributed by atoms with van der Waals surface area (Å²) < 4.78 is 5.65. The number of aliphatic carboxylic acids is 1. The van der Waals surface area contributed by atoms with Gasteiger partial charge in [-0.1, -0.05) is 55.5 Å². The van der Waals surface area contributed by atoms with Gasteiger partial charge >= 0.3 is 12.1 Å². The molecule has 0 aromatic heterocycles. The number of carboxylic acids is 1. The highest BCUT2D eigenvalue weighted by Crippen LogP contribution is 2.44. The van der Waals surface area contributed by atoms with Crippen LogP contribution in [-0.4, -0.2) is 45.8 Å². The number of benzene rings is 2. The summed E-state index contributed by atoms with van der Waals surface area (Å²) in [5.74, 6) is -0.607. The van der Waals surface area contributed by atoms with Crippen LogP contribution in [0.4, 0.5) is 4.79 Å². The Morgan fingerprint density at radius 1 is 1.11 bits per heavy atom. The molecular weight excluding hydrogens is 362 g/mol. The van der Waals surface area contributed by atoms with Crippen molar-refractivity contribution >= 4 is 23.8 Å². The average molecular weight is 383 g/mol. The van der Waals surface area contributed by atoms with E-state index >= 15 is 0 Å². The Balaban J connectivity index is 1.55.